The van der Waals surface area contributed by atoms with Crippen LogP contribution in [-0.4, -0.2) is 48.2 Å². The fourth-order valence-electron chi connectivity index (χ4n) is 3.92. The van der Waals surface area contributed by atoms with Crippen molar-refractivity contribution in [2.75, 3.05) is 31.1 Å². The van der Waals surface area contributed by atoms with Crippen LogP contribution < -0.4 is 9.64 Å². The van der Waals surface area contributed by atoms with Crippen molar-refractivity contribution in [1.29, 1.82) is 0 Å². The van der Waals surface area contributed by atoms with Gasteiger partial charge in [0, 0.05) is 44.3 Å². The van der Waals surface area contributed by atoms with E-state index in [0.717, 1.165) is 50.1 Å². The van der Waals surface area contributed by atoms with Gasteiger partial charge in [-0.1, -0.05) is 6.42 Å². The molecule has 120 valence electrons. The molecule has 1 saturated heterocycles. The first kappa shape index (κ1) is 14.3. The minimum absolute atomic E-state index is 0.541. The van der Waals surface area contributed by atoms with Gasteiger partial charge < -0.3 is 9.64 Å². The number of hydrogen-bond acceptors (Lipinski definition) is 4. The Bertz CT molecular complexity index is 541. The average molecular weight is 301 g/mol. The van der Waals surface area contributed by atoms with Crippen molar-refractivity contribution in [2.45, 2.75) is 57.5 Å². The van der Waals surface area contributed by atoms with Crippen LogP contribution in [-0.2, 0) is 0 Å². The lowest BCUT2D eigenvalue weighted by Gasteiger charge is -2.42. The summed E-state index contributed by atoms with van der Waals surface area (Å²) in [5.41, 5.74) is 1.38. The van der Waals surface area contributed by atoms with Crippen molar-refractivity contribution in [2.24, 2.45) is 0 Å². The molecule has 1 aromatic heterocycles. The predicted octanol–water partition coefficient (Wildman–Crippen LogP) is 3.03. The van der Waals surface area contributed by atoms with Gasteiger partial charge in [0.25, 0.3) is 0 Å². The molecule has 4 rings (SSSR count). The maximum Gasteiger partial charge on any atom is 0.171 e. The van der Waals surface area contributed by atoms with Crippen molar-refractivity contribution >= 4 is 5.82 Å². The summed E-state index contributed by atoms with van der Waals surface area (Å²) < 4.78 is 6.07. The number of nitrogens with zero attached hydrogens (tertiary/aromatic N) is 3. The summed E-state index contributed by atoms with van der Waals surface area (Å²) in [6.45, 7) is 8.72. The molecule has 4 heteroatoms. The van der Waals surface area contributed by atoms with Crippen LogP contribution in [0.1, 0.15) is 51.0 Å². The first-order chi connectivity index (χ1) is 10.7. The Morgan fingerprint density at radius 2 is 2.09 bits per heavy atom. The predicted molar refractivity (Wildman–Crippen MR) is 88.8 cm³/mol. The number of rotatable bonds is 2. The monoisotopic (exact) mass is 301 g/mol. The summed E-state index contributed by atoms with van der Waals surface area (Å²) >= 11 is 0. The zero-order valence-corrected chi connectivity index (χ0v) is 13.8. The van der Waals surface area contributed by atoms with E-state index in [4.69, 9.17) is 9.72 Å². The summed E-state index contributed by atoms with van der Waals surface area (Å²) in [7, 11) is 0. The molecule has 0 aromatic carbocycles. The molecule has 0 radical (unpaired) electrons. The van der Waals surface area contributed by atoms with E-state index in [-0.39, 0.29) is 0 Å². The lowest BCUT2D eigenvalue weighted by Crippen LogP contribution is -2.55. The molecule has 1 aromatic rings. The van der Waals surface area contributed by atoms with Gasteiger partial charge in [0.1, 0.15) is 0 Å². The summed E-state index contributed by atoms with van der Waals surface area (Å²) in [5.74, 6) is 2.82. The summed E-state index contributed by atoms with van der Waals surface area (Å²) in [6, 6.07) is 3.43. The SMILES string of the molecule is CC(C)N1CCN2c3ncc(C4CCC4)cc3OCC[C@@H]2C1. The number of aromatic nitrogens is 1. The van der Waals surface area contributed by atoms with E-state index < -0.39 is 0 Å². The van der Waals surface area contributed by atoms with Gasteiger partial charge in [-0.3, -0.25) is 4.90 Å². The van der Waals surface area contributed by atoms with Gasteiger partial charge in [0.15, 0.2) is 11.6 Å². The van der Waals surface area contributed by atoms with Crippen LogP contribution in [0, 0.1) is 0 Å². The quantitative estimate of drug-likeness (QED) is 0.839. The van der Waals surface area contributed by atoms with Gasteiger partial charge in [-0.05, 0) is 44.2 Å². The van der Waals surface area contributed by atoms with E-state index in [1.54, 1.807) is 0 Å². The molecule has 0 spiro atoms. The van der Waals surface area contributed by atoms with E-state index in [1.165, 1.54) is 24.8 Å². The van der Waals surface area contributed by atoms with Crippen LogP contribution in [0.25, 0.3) is 0 Å². The van der Waals surface area contributed by atoms with Crippen molar-refractivity contribution in [1.82, 2.24) is 9.88 Å². The standard InChI is InChI=1S/C18H27N3O/c1-13(2)20-7-8-21-16(12-20)6-9-22-17-10-15(11-19-18(17)21)14-4-3-5-14/h10-11,13-14,16H,3-9,12H2,1-2H3/t16-/m1/s1. The fourth-order valence-corrected chi connectivity index (χ4v) is 3.92. The third-order valence-electron chi connectivity index (χ3n) is 5.66. The minimum atomic E-state index is 0.541. The highest BCUT2D eigenvalue weighted by Crippen LogP contribution is 2.40. The van der Waals surface area contributed by atoms with Gasteiger partial charge in [-0.2, -0.15) is 0 Å². The molecule has 1 aliphatic carbocycles. The van der Waals surface area contributed by atoms with Gasteiger partial charge >= 0.3 is 0 Å². The van der Waals surface area contributed by atoms with E-state index in [1.807, 2.05) is 0 Å². The lowest BCUT2D eigenvalue weighted by molar-refractivity contribution is 0.172. The largest absolute Gasteiger partial charge is 0.490 e. The Kier molecular flexibility index (Phi) is 3.73. The molecule has 1 atom stereocenters. The second-order valence-electron chi connectivity index (χ2n) is 7.29. The zero-order chi connectivity index (χ0) is 15.1. The molecule has 0 N–H and O–H groups in total. The summed E-state index contributed by atoms with van der Waals surface area (Å²) in [6.07, 6.45) is 7.19. The lowest BCUT2D eigenvalue weighted by atomic mass is 9.81. The maximum atomic E-state index is 6.07. The summed E-state index contributed by atoms with van der Waals surface area (Å²) in [4.78, 5) is 9.89. The van der Waals surface area contributed by atoms with Gasteiger partial charge in [-0.25, -0.2) is 4.98 Å². The Labute approximate surface area is 133 Å². The highest BCUT2D eigenvalue weighted by molar-refractivity contribution is 5.56. The third kappa shape index (κ3) is 2.47. The Balaban J connectivity index is 1.59. The second-order valence-corrected chi connectivity index (χ2v) is 7.29. The molecule has 3 heterocycles. The van der Waals surface area contributed by atoms with E-state index >= 15 is 0 Å². The molecule has 4 nitrogen and oxygen atoms in total. The number of fused-ring (bicyclic) bond motifs is 3. The molecule has 3 aliphatic rings. The highest BCUT2D eigenvalue weighted by Gasteiger charge is 2.33. The number of anilines is 1. The normalized spacial score (nSPS) is 26.0. The molecule has 0 amide bonds. The van der Waals surface area contributed by atoms with Crippen LogP contribution in [0.2, 0.25) is 0 Å². The third-order valence-corrected chi connectivity index (χ3v) is 5.66. The number of ether oxygens (including phenoxy) is 1. The topological polar surface area (TPSA) is 28.6 Å². The first-order valence-electron chi connectivity index (χ1n) is 8.86. The molecule has 2 aliphatic heterocycles. The van der Waals surface area contributed by atoms with Gasteiger partial charge in [0.05, 0.1) is 6.61 Å². The Hall–Kier alpha value is -1.29. The van der Waals surface area contributed by atoms with Crippen molar-refractivity contribution in [3.8, 4) is 5.75 Å². The molecular formula is C18H27N3O. The molecule has 22 heavy (non-hydrogen) atoms. The van der Waals surface area contributed by atoms with E-state index in [9.17, 15) is 0 Å². The van der Waals surface area contributed by atoms with Crippen molar-refractivity contribution in [3.63, 3.8) is 0 Å². The molecule has 1 saturated carbocycles. The molecule has 2 fully saturated rings. The Morgan fingerprint density at radius 1 is 1.23 bits per heavy atom. The van der Waals surface area contributed by atoms with E-state index in [2.05, 4.69) is 35.9 Å². The summed E-state index contributed by atoms with van der Waals surface area (Å²) in [5, 5.41) is 0. The van der Waals surface area contributed by atoms with Crippen LogP contribution in [0.5, 0.6) is 5.75 Å². The molecular weight excluding hydrogens is 274 g/mol. The van der Waals surface area contributed by atoms with E-state index in [0.29, 0.717) is 12.1 Å². The fraction of sp³-hybridized carbons (Fsp3) is 0.722. The average Bonchev–Trinajstić information content (AvgIpc) is 2.63. The number of pyridine rings is 1. The zero-order valence-electron chi connectivity index (χ0n) is 13.8. The Morgan fingerprint density at radius 3 is 2.82 bits per heavy atom. The second kappa shape index (κ2) is 5.73. The smallest absolute Gasteiger partial charge is 0.171 e. The van der Waals surface area contributed by atoms with Crippen LogP contribution in [0.15, 0.2) is 12.3 Å². The van der Waals surface area contributed by atoms with Gasteiger partial charge in [-0.15, -0.1) is 0 Å². The molecule has 0 bridgehead atoms. The number of hydrogen-bond donors (Lipinski definition) is 0. The minimum Gasteiger partial charge on any atom is -0.490 e. The number of piperazine rings is 1. The van der Waals surface area contributed by atoms with Crippen LogP contribution >= 0.6 is 0 Å². The maximum absolute atomic E-state index is 6.07. The van der Waals surface area contributed by atoms with Gasteiger partial charge in [0.2, 0.25) is 0 Å². The van der Waals surface area contributed by atoms with Crippen molar-refractivity contribution in [3.05, 3.63) is 17.8 Å². The van der Waals surface area contributed by atoms with Crippen LogP contribution in [0.3, 0.4) is 0 Å². The first-order valence-corrected chi connectivity index (χ1v) is 8.86. The highest BCUT2D eigenvalue weighted by atomic mass is 16.5. The van der Waals surface area contributed by atoms with Crippen LogP contribution in [0.4, 0.5) is 5.82 Å². The molecule has 0 unspecified atom stereocenters. The van der Waals surface area contributed by atoms with Crippen molar-refractivity contribution < 1.29 is 4.74 Å².